The fourth-order valence-electron chi connectivity index (χ4n) is 4.29. The number of phenols is 1. The van der Waals surface area contributed by atoms with Crippen molar-refractivity contribution in [2.75, 3.05) is 0 Å². The largest absolute Gasteiger partial charge is 0.508 e. The van der Waals surface area contributed by atoms with Crippen LogP contribution in [-0.2, 0) is 6.42 Å². The lowest BCUT2D eigenvalue weighted by Crippen LogP contribution is -2.14. The van der Waals surface area contributed by atoms with Crippen LogP contribution in [0.2, 0.25) is 0 Å². The van der Waals surface area contributed by atoms with Crippen molar-refractivity contribution in [1.29, 1.82) is 0 Å². The second-order valence-electron chi connectivity index (χ2n) is 8.00. The fourth-order valence-corrected chi connectivity index (χ4v) is 4.29. The molecule has 0 unspecified atom stereocenters. The molecule has 5 heteroatoms. The van der Waals surface area contributed by atoms with Crippen molar-refractivity contribution in [3.8, 4) is 28.2 Å². The second kappa shape index (κ2) is 7.02. The predicted molar refractivity (Wildman–Crippen MR) is 114 cm³/mol. The number of carboxylic acid groups (broad SMARTS) is 1. The molecule has 1 saturated carbocycles. The standard InChI is InChI=1S/C25H20O5/c26-16-5-8-19-22(12-16)30-23-13-17(27)6-9-20(23)24(19)18-7-4-15(10-14-2-1-3-14)11-21(18)25(28)29/h4-9,11-14,26H,1-3,10H2,(H,28,29). The molecule has 2 aromatic carbocycles. The summed E-state index contributed by atoms with van der Waals surface area (Å²) < 4.78 is 5.86. The molecular formula is C25H20O5. The highest BCUT2D eigenvalue weighted by atomic mass is 16.4. The first-order valence-electron chi connectivity index (χ1n) is 10.1. The van der Waals surface area contributed by atoms with Gasteiger partial charge in [0.2, 0.25) is 0 Å². The molecule has 0 amide bonds. The van der Waals surface area contributed by atoms with Crippen LogP contribution in [0.1, 0.15) is 35.2 Å². The quantitative estimate of drug-likeness (QED) is 0.453. The van der Waals surface area contributed by atoms with Crippen LogP contribution in [0.15, 0.2) is 63.8 Å². The summed E-state index contributed by atoms with van der Waals surface area (Å²) in [5.74, 6) is 0.0181. The van der Waals surface area contributed by atoms with Gasteiger partial charge < -0.3 is 14.6 Å². The van der Waals surface area contributed by atoms with Gasteiger partial charge in [-0.15, -0.1) is 0 Å². The van der Waals surface area contributed by atoms with E-state index in [2.05, 4.69) is 0 Å². The molecule has 0 bridgehead atoms. The van der Waals surface area contributed by atoms with E-state index in [9.17, 15) is 19.8 Å². The van der Waals surface area contributed by atoms with Crippen LogP contribution >= 0.6 is 0 Å². The summed E-state index contributed by atoms with van der Waals surface area (Å²) in [7, 11) is 0. The van der Waals surface area contributed by atoms with Crippen LogP contribution in [0.5, 0.6) is 5.75 Å². The van der Waals surface area contributed by atoms with Crippen LogP contribution in [-0.4, -0.2) is 16.2 Å². The molecule has 0 radical (unpaired) electrons. The van der Waals surface area contributed by atoms with Gasteiger partial charge in [0.15, 0.2) is 5.43 Å². The molecule has 5 nitrogen and oxygen atoms in total. The Kier molecular flexibility index (Phi) is 4.31. The van der Waals surface area contributed by atoms with Crippen molar-refractivity contribution in [2.45, 2.75) is 25.7 Å². The molecular weight excluding hydrogens is 380 g/mol. The Balaban J connectivity index is 1.79. The number of hydrogen-bond acceptors (Lipinski definition) is 4. The lowest BCUT2D eigenvalue weighted by molar-refractivity contribution is 0.0697. The molecule has 0 spiro atoms. The molecule has 1 fully saturated rings. The lowest BCUT2D eigenvalue weighted by atomic mass is 9.80. The number of aromatic hydroxyl groups is 1. The number of carboxylic acids is 1. The van der Waals surface area contributed by atoms with Crippen molar-refractivity contribution in [2.24, 2.45) is 5.92 Å². The molecule has 30 heavy (non-hydrogen) atoms. The molecule has 2 N–H and O–H groups in total. The first kappa shape index (κ1) is 18.4. The molecule has 0 saturated heterocycles. The van der Waals surface area contributed by atoms with Crippen LogP contribution in [0.4, 0.5) is 0 Å². The lowest BCUT2D eigenvalue weighted by Gasteiger charge is -2.25. The van der Waals surface area contributed by atoms with Gasteiger partial charge in [-0.3, -0.25) is 4.79 Å². The van der Waals surface area contributed by atoms with Crippen molar-refractivity contribution >= 4 is 16.9 Å². The van der Waals surface area contributed by atoms with Gasteiger partial charge in [0, 0.05) is 28.6 Å². The van der Waals surface area contributed by atoms with Crippen LogP contribution in [0.3, 0.4) is 0 Å². The molecule has 2 aromatic rings. The monoisotopic (exact) mass is 400 g/mol. The fraction of sp³-hybridized carbons (Fsp3) is 0.200. The summed E-state index contributed by atoms with van der Waals surface area (Å²) in [6.07, 6.45) is 4.52. The van der Waals surface area contributed by atoms with E-state index < -0.39 is 5.97 Å². The Morgan fingerprint density at radius 3 is 2.53 bits per heavy atom. The normalized spacial score (nSPS) is 14.1. The van der Waals surface area contributed by atoms with E-state index in [-0.39, 0.29) is 16.7 Å². The molecule has 150 valence electrons. The van der Waals surface area contributed by atoms with Gasteiger partial charge in [0.05, 0.1) is 5.56 Å². The van der Waals surface area contributed by atoms with Crippen molar-refractivity contribution in [1.82, 2.24) is 0 Å². The van der Waals surface area contributed by atoms with Gasteiger partial charge >= 0.3 is 5.97 Å². The molecule has 0 atom stereocenters. The molecule has 0 aromatic heterocycles. The van der Waals surface area contributed by atoms with Gasteiger partial charge in [-0.1, -0.05) is 31.4 Å². The molecule has 2 aliphatic carbocycles. The minimum atomic E-state index is -0.998. The highest BCUT2D eigenvalue weighted by Crippen LogP contribution is 2.42. The van der Waals surface area contributed by atoms with Gasteiger partial charge in [0.1, 0.15) is 17.1 Å². The molecule has 5 rings (SSSR count). The molecule has 3 aliphatic rings. The number of phenolic OH excluding ortho intramolecular Hbond substituents is 1. The zero-order valence-electron chi connectivity index (χ0n) is 16.2. The number of benzene rings is 3. The number of fused-ring (bicyclic) bond motifs is 2. The molecule has 1 aliphatic heterocycles. The van der Waals surface area contributed by atoms with Gasteiger partial charge in [-0.25, -0.2) is 4.79 Å². The zero-order valence-corrected chi connectivity index (χ0v) is 16.2. The van der Waals surface area contributed by atoms with Crippen molar-refractivity contribution in [3.63, 3.8) is 0 Å². The van der Waals surface area contributed by atoms with E-state index in [0.717, 1.165) is 12.0 Å². The summed E-state index contributed by atoms with van der Waals surface area (Å²) in [6, 6.07) is 14.8. The van der Waals surface area contributed by atoms with Crippen molar-refractivity contribution < 1.29 is 19.4 Å². The Morgan fingerprint density at radius 2 is 1.80 bits per heavy atom. The van der Waals surface area contributed by atoms with Crippen LogP contribution < -0.4 is 5.43 Å². The van der Waals surface area contributed by atoms with Crippen molar-refractivity contribution in [3.05, 3.63) is 75.9 Å². The van der Waals surface area contributed by atoms with Gasteiger partial charge in [0.25, 0.3) is 0 Å². The maximum atomic E-state index is 12.2. The Morgan fingerprint density at radius 1 is 1.00 bits per heavy atom. The minimum Gasteiger partial charge on any atom is -0.508 e. The number of carbonyl (C=O) groups is 1. The third-order valence-corrected chi connectivity index (χ3v) is 6.01. The van der Waals surface area contributed by atoms with Gasteiger partial charge in [-0.05, 0) is 53.8 Å². The van der Waals surface area contributed by atoms with E-state index in [4.69, 9.17) is 4.42 Å². The first-order valence-corrected chi connectivity index (χ1v) is 10.1. The molecule has 1 heterocycles. The first-order chi connectivity index (χ1) is 14.5. The average Bonchev–Trinajstić information content (AvgIpc) is 2.68. The minimum absolute atomic E-state index is 0.0316. The van der Waals surface area contributed by atoms with E-state index in [1.54, 1.807) is 24.3 Å². The summed E-state index contributed by atoms with van der Waals surface area (Å²) in [5, 5.41) is 20.5. The summed E-state index contributed by atoms with van der Waals surface area (Å²) >= 11 is 0. The average molecular weight is 400 g/mol. The summed E-state index contributed by atoms with van der Waals surface area (Å²) in [4.78, 5) is 24.1. The Hall–Kier alpha value is -3.60. The Labute approximate surface area is 172 Å². The third-order valence-electron chi connectivity index (χ3n) is 6.01. The second-order valence-corrected chi connectivity index (χ2v) is 8.00. The van der Waals surface area contributed by atoms with Crippen LogP contribution in [0.25, 0.3) is 33.4 Å². The Bertz CT molecular complexity index is 1310. The van der Waals surface area contributed by atoms with E-state index in [1.165, 1.54) is 37.5 Å². The highest BCUT2D eigenvalue weighted by Gasteiger charge is 2.23. The van der Waals surface area contributed by atoms with E-state index in [1.807, 2.05) is 12.1 Å². The van der Waals surface area contributed by atoms with Gasteiger partial charge in [-0.2, -0.15) is 0 Å². The van der Waals surface area contributed by atoms with Crippen LogP contribution in [0, 0.1) is 5.92 Å². The summed E-state index contributed by atoms with van der Waals surface area (Å²) in [6.45, 7) is 0. The SMILES string of the molecule is O=C(O)c1cc(CC2CCC2)ccc1-c1c2ccc(=O)cc-2oc2cc(O)ccc12. The maximum Gasteiger partial charge on any atom is 0.336 e. The van der Waals surface area contributed by atoms with E-state index in [0.29, 0.717) is 39.3 Å². The summed E-state index contributed by atoms with van der Waals surface area (Å²) in [5.41, 5.74) is 3.33. The smallest absolute Gasteiger partial charge is 0.336 e. The number of hydrogen-bond donors (Lipinski definition) is 2. The van der Waals surface area contributed by atoms with E-state index >= 15 is 0 Å². The number of aromatic carboxylic acids is 1. The predicted octanol–water partition coefficient (Wildman–Crippen LogP) is 5.31. The number of rotatable bonds is 4. The highest BCUT2D eigenvalue weighted by molar-refractivity contribution is 6.07. The zero-order chi connectivity index (χ0) is 20.8. The topological polar surface area (TPSA) is 87.7 Å². The third kappa shape index (κ3) is 3.12. The maximum absolute atomic E-state index is 12.2.